The van der Waals surface area contributed by atoms with E-state index in [1.54, 1.807) is 0 Å². The van der Waals surface area contributed by atoms with E-state index in [9.17, 15) is 0 Å². The van der Waals surface area contributed by atoms with Crippen LogP contribution in [0.1, 0.15) is 17.0 Å². The van der Waals surface area contributed by atoms with Crippen molar-refractivity contribution < 1.29 is 0 Å². The fourth-order valence-corrected chi connectivity index (χ4v) is 11.7. The van der Waals surface area contributed by atoms with Crippen LogP contribution in [0.15, 0.2) is 328 Å². The highest BCUT2D eigenvalue weighted by Gasteiger charge is 2.28. The third kappa shape index (κ3) is 10.4. The Hall–Kier alpha value is -11.3. The first kappa shape index (κ1) is 51.8. The molecule has 12 aromatic carbocycles. The molecule has 2 aromatic heterocycles. The zero-order chi connectivity index (χ0) is 56.9. The largest absolute Gasteiger partial charge is 0.307 e. The zero-order valence-electron chi connectivity index (χ0n) is 46.7. The van der Waals surface area contributed by atoms with Crippen LogP contribution in [-0.2, 0) is 0 Å². The van der Waals surface area contributed by atoms with Gasteiger partial charge in [0.1, 0.15) is 0 Å². The van der Waals surface area contributed by atoms with Gasteiger partial charge >= 0.3 is 0 Å². The molecule has 0 aliphatic carbocycles. The minimum absolute atomic E-state index is 0.465. The number of benzene rings is 12. The monoisotopic (exact) mass is 1080 g/mol. The smallest absolute Gasteiger partial charge is 0.164 e. The highest BCUT2D eigenvalue weighted by atomic mass is 15.0. The van der Waals surface area contributed by atoms with Crippen molar-refractivity contribution >= 4 is 44.7 Å². The van der Waals surface area contributed by atoms with Gasteiger partial charge < -0.3 is 4.57 Å². The van der Waals surface area contributed by atoms with E-state index in [1.165, 1.54) is 0 Å². The molecule has 85 heavy (non-hydrogen) atoms. The standard InChI is InChI=1S/C81H56N4/c1-56(79-82-80(67-38-22-8-23-39-67)84-81(83-79)68-40-24-9-25-41-68)54-73(64-48-46-61(47-49-64)59-28-12-3-13-29-59)74(55-57-42-44-60(45-43-57)58-26-10-2-11-27-58)85-77-71(52-50-69(62-30-14-4-15-31-62)75(77)65-34-18-6-19-35-65)72-53-51-70(63-32-16-5-17-33-63)76(78(72)85)66-36-20-7-21-37-66/h2-55H,1H2/b73-54-,74-55-. The van der Waals surface area contributed by atoms with Crippen molar-refractivity contribution in [3.63, 3.8) is 0 Å². The molecule has 0 saturated carbocycles. The number of fused-ring (bicyclic) bond motifs is 3. The Morgan fingerprint density at radius 1 is 0.306 bits per heavy atom. The Morgan fingerprint density at radius 2 is 0.635 bits per heavy atom. The lowest BCUT2D eigenvalue weighted by Crippen LogP contribution is -2.05. The van der Waals surface area contributed by atoms with Crippen LogP contribution in [0.2, 0.25) is 0 Å². The fourth-order valence-electron chi connectivity index (χ4n) is 11.7. The normalized spacial score (nSPS) is 11.7. The highest BCUT2D eigenvalue weighted by Crippen LogP contribution is 2.50. The summed E-state index contributed by atoms with van der Waals surface area (Å²) in [6.07, 6.45) is 4.56. The van der Waals surface area contributed by atoms with E-state index in [2.05, 4.69) is 272 Å². The van der Waals surface area contributed by atoms with Crippen molar-refractivity contribution in [2.24, 2.45) is 0 Å². The molecule has 0 amide bonds. The maximum absolute atomic E-state index is 5.28. The van der Waals surface area contributed by atoms with E-state index >= 15 is 0 Å². The van der Waals surface area contributed by atoms with Crippen LogP contribution in [0.4, 0.5) is 0 Å². The molecule has 4 nitrogen and oxygen atoms in total. The molecule has 14 aromatic rings. The SMILES string of the molecule is C=C(/C=C(\C(=C\c1ccc(-c2ccccc2)cc1)n1c2c(-c3ccccc3)c(-c3ccccc3)ccc2c2ccc(-c3ccccc3)c(-c3ccccc3)c21)c1ccc(-c2ccccc2)cc1)c1nc(-c2ccccc2)nc(-c2ccccc2)n1. The molecular formula is C81H56N4. The van der Waals surface area contributed by atoms with Gasteiger partial charge in [-0.15, -0.1) is 0 Å². The fraction of sp³-hybridized carbons (Fsp3) is 0. The summed E-state index contributed by atoms with van der Waals surface area (Å²) in [6, 6.07) is 112. The van der Waals surface area contributed by atoms with Gasteiger partial charge in [-0.3, -0.25) is 0 Å². The first-order chi connectivity index (χ1) is 42.1. The lowest BCUT2D eigenvalue weighted by Gasteiger charge is -2.23. The van der Waals surface area contributed by atoms with Crippen LogP contribution in [0, 0.1) is 0 Å². The molecule has 0 bridgehead atoms. The highest BCUT2D eigenvalue weighted by molar-refractivity contribution is 6.25. The number of hydrogen-bond acceptors (Lipinski definition) is 3. The minimum atomic E-state index is 0.465. The predicted molar refractivity (Wildman–Crippen MR) is 357 cm³/mol. The Bertz CT molecular complexity index is 4530. The molecule has 0 aliphatic heterocycles. The van der Waals surface area contributed by atoms with Gasteiger partial charge in [0.25, 0.3) is 0 Å². The van der Waals surface area contributed by atoms with E-state index in [-0.39, 0.29) is 0 Å². The second-order valence-electron chi connectivity index (χ2n) is 21.2. The van der Waals surface area contributed by atoms with Crippen LogP contribution in [0.25, 0.3) is 134 Å². The average Bonchev–Trinajstić information content (AvgIpc) is 1.99. The Balaban J connectivity index is 1.15. The molecule has 0 spiro atoms. The van der Waals surface area contributed by atoms with Crippen molar-refractivity contribution in [1.29, 1.82) is 0 Å². The average molecular weight is 1090 g/mol. The molecule has 0 atom stereocenters. The lowest BCUT2D eigenvalue weighted by molar-refractivity contribution is 1.04. The first-order valence-corrected chi connectivity index (χ1v) is 28.8. The van der Waals surface area contributed by atoms with Crippen LogP contribution < -0.4 is 0 Å². The topological polar surface area (TPSA) is 43.6 Å². The summed E-state index contributed by atoms with van der Waals surface area (Å²) >= 11 is 0. The maximum atomic E-state index is 5.28. The minimum Gasteiger partial charge on any atom is -0.307 e. The second-order valence-corrected chi connectivity index (χ2v) is 21.2. The summed E-state index contributed by atoms with van der Waals surface area (Å²) in [5, 5.41) is 2.23. The van der Waals surface area contributed by atoms with Crippen molar-refractivity contribution in [2.45, 2.75) is 0 Å². The van der Waals surface area contributed by atoms with E-state index in [0.717, 1.165) is 122 Å². The van der Waals surface area contributed by atoms with Gasteiger partial charge in [-0.1, -0.05) is 322 Å². The van der Waals surface area contributed by atoms with Crippen molar-refractivity contribution in [3.8, 4) is 89.5 Å². The number of aromatic nitrogens is 4. The summed E-state index contributed by atoms with van der Waals surface area (Å²) in [4.78, 5) is 15.7. The van der Waals surface area contributed by atoms with Gasteiger partial charge in [0.15, 0.2) is 17.5 Å². The number of rotatable bonds is 14. The Labute approximate surface area is 496 Å². The molecule has 0 aliphatic rings. The van der Waals surface area contributed by atoms with Gasteiger partial charge in [-0.05, 0) is 78.9 Å². The molecule has 0 saturated heterocycles. The van der Waals surface area contributed by atoms with E-state index in [4.69, 9.17) is 21.5 Å². The van der Waals surface area contributed by atoms with Crippen LogP contribution in [-0.4, -0.2) is 19.5 Å². The molecule has 2 heterocycles. The molecule has 0 N–H and O–H groups in total. The van der Waals surface area contributed by atoms with E-state index in [1.807, 2.05) is 60.7 Å². The molecular weight excluding hydrogens is 1030 g/mol. The van der Waals surface area contributed by atoms with Gasteiger partial charge in [0, 0.05) is 44.2 Å². The van der Waals surface area contributed by atoms with E-state index < -0.39 is 0 Å². The Kier molecular flexibility index (Phi) is 14.2. The third-order valence-electron chi connectivity index (χ3n) is 15.8. The number of allylic oxidation sites excluding steroid dienone is 4. The van der Waals surface area contributed by atoms with Gasteiger partial charge in [0.2, 0.25) is 0 Å². The molecule has 0 fully saturated rings. The van der Waals surface area contributed by atoms with Crippen LogP contribution in [0.5, 0.6) is 0 Å². The van der Waals surface area contributed by atoms with Gasteiger partial charge in [0.05, 0.1) is 16.7 Å². The van der Waals surface area contributed by atoms with Crippen molar-refractivity contribution in [3.05, 3.63) is 345 Å². The van der Waals surface area contributed by atoms with Crippen LogP contribution in [0.3, 0.4) is 0 Å². The van der Waals surface area contributed by atoms with E-state index in [0.29, 0.717) is 23.0 Å². The van der Waals surface area contributed by atoms with Crippen LogP contribution >= 0.6 is 0 Å². The zero-order valence-corrected chi connectivity index (χ0v) is 46.7. The molecule has 0 unspecified atom stereocenters. The quantitative estimate of drug-likeness (QED) is 0.102. The summed E-state index contributed by atoms with van der Waals surface area (Å²) in [7, 11) is 0. The van der Waals surface area contributed by atoms with Gasteiger partial charge in [-0.2, -0.15) is 0 Å². The third-order valence-corrected chi connectivity index (χ3v) is 15.8. The molecule has 14 rings (SSSR count). The van der Waals surface area contributed by atoms with Crippen molar-refractivity contribution in [1.82, 2.24) is 19.5 Å². The molecule has 4 heteroatoms. The van der Waals surface area contributed by atoms with Gasteiger partial charge in [-0.25, -0.2) is 15.0 Å². The maximum Gasteiger partial charge on any atom is 0.164 e. The summed E-state index contributed by atoms with van der Waals surface area (Å²) in [6.45, 7) is 4.94. The first-order valence-electron chi connectivity index (χ1n) is 28.8. The second kappa shape index (κ2) is 23.3. The van der Waals surface area contributed by atoms with Crippen molar-refractivity contribution in [2.75, 3.05) is 0 Å². The number of hydrogen-bond donors (Lipinski definition) is 0. The Morgan fingerprint density at radius 3 is 1.02 bits per heavy atom. The summed E-state index contributed by atoms with van der Waals surface area (Å²) < 4.78 is 2.57. The molecule has 400 valence electrons. The lowest BCUT2D eigenvalue weighted by atomic mass is 9.91. The summed E-state index contributed by atoms with van der Waals surface area (Å²) in [5.74, 6) is 1.59. The number of nitrogens with zero attached hydrogens (tertiary/aromatic N) is 4. The summed E-state index contributed by atoms with van der Waals surface area (Å²) in [5.41, 5.74) is 21.8. The molecule has 0 radical (unpaired) electrons. The predicted octanol–water partition coefficient (Wildman–Crippen LogP) is 21.1.